The van der Waals surface area contributed by atoms with Gasteiger partial charge in [0.15, 0.2) is 6.10 Å². The highest BCUT2D eigenvalue weighted by Gasteiger charge is 2.30. The molecule has 45 heavy (non-hydrogen) atoms. The molecule has 0 fully saturated rings. The number of fused-ring (bicyclic) bond motifs is 2. The summed E-state index contributed by atoms with van der Waals surface area (Å²) in [5.74, 6) is -2.27. The number of phenols is 2. The van der Waals surface area contributed by atoms with E-state index < -0.39 is 67.6 Å². The third-order valence-corrected chi connectivity index (χ3v) is 7.98. The molecule has 2 rings (SSSR count). The van der Waals surface area contributed by atoms with E-state index in [4.69, 9.17) is 19.9 Å². The molecule has 1 aromatic carbocycles. The van der Waals surface area contributed by atoms with Crippen molar-refractivity contribution in [1.82, 2.24) is 0 Å². The fraction of sp³-hybridized carbons (Fsp3) is 0.500. The first-order valence-electron chi connectivity index (χ1n) is 14.2. The van der Waals surface area contributed by atoms with Crippen LogP contribution in [0.3, 0.4) is 0 Å². The molecule has 15 heteroatoms. The lowest BCUT2D eigenvalue weighted by Gasteiger charge is -2.29. The van der Waals surface area contributed by atoms with Gasteiger partial charge in [-0.05, 0) is 38.2 Å². The molecule has 2 amide bonds. The van der Waals surface area contributed by atoms with Crippen LogP contribution in [0.4, 0.5) is 16.2 Å². The third kappa shape index (κ3) is 11.1. The van der Waals surface area contributed by atoms with Gasteiger partial charge in [0.2, 0.25) is 0 Å². The number of methoxy groups -OCH3 is 2. The Labute approximate surface area is 262 Å². The zero-order valence-corrected chi connectivity index (χ0v) is 27.1. The van der Waals surface area contributed by atoms with E-state index in [1.165, 1.54) is 33.3 Å². The molecular formula is C30H44N3O11P. The second-order valence-corrected chi connectivity index (χ2v) is 12.8. The lowest BCUT2D eigenvalue weighted by molar-refractivity contribution is -0.112. The predicted octanol–water partition coefficient (Wildman–Crippen LogP) is 3.44. The molecule has 0 aliphatic carbocycles. The van der Waals surface area contributed by atoms with E-state index in [0.29, 0.717) is 5.57 Å². The van der Waals surface area contributed by atoms with Crippen LogP contribution in [0.2, 0.25) is 0 Å². The summed E-state index contributed by atoms with van der Waals surface area (Å²) in [6.45, 7) is 6.79. The fourth-order valence-electron chi connectivity index (χ4n) is 4.98. The van der Waals surface area contributed by atoms with Gasteiger partial charge in [0.05, 0.1) is 24.1 Å². The molecule has 1 aromatic rings. The predicted molar refractivity (Wildman–Crippen MR) is 169 cm³/mol. The van der Waals surface area contributed by atoms with Crippen molar-refractivity contribution in [1.29, 1.82) is 0 Å². The first-order chi connectivity index (χ1) is 21.0. The van der Waals surface area contributed by atoms with E-state index in [2.05, 4.69) is 10.3 Å². The summed E-state index contributed by atoms with van der Waals surface area (Å²) in [6.07, 6.45) is 2.33. The zero-order valence-electron chi connectivity index (χ0n) is 26.2. The number of aromatic hydroxyl groups is 2. The van der Waals surface area contributed by atoms with Gasteiger partial charge in [-0.15, -0.1) is 0 Å². The quantitative estimate of drug-likeness (QED) is 0.0773. The summed E-state index contributed by atoms with van der Waals surface area (Å²) in [5, 5.41) is 35.9. The minimum atomic E-state index is -4.44. The molecule has 250 valence electrons. The number of carbonyl (C=O) groups excluding carboxylic acids is 2. The van der Waals surface area contributed by atoms with Crippen LogP contribution in [0.25, 0.3) is 0 Å². The molecule has 0 unspecified atom stereocenters. The summed E-state index contributed by atoms with van der Waals surface area (Å²) < 4.78 is 27.9. The highest BCUT2D eigenvalue weighted by Crippen LogP contribution is 2.44. The molecule has 1 heterocycles. The lowest BCUT2D eigenvalue weighted by atomic mass is 9.87. The largest absolute Gasteiger partial charge is 0.506 e. The van der Waals surface area contributed by atoms with Crippen molar-refractivity contribution in [3.8, 4) is 11.5 Å². The number of nitrogens with one attached hydrogen (secondary N) is 1. The molecule has 6 atom stereocenters. The number of carbonyl (C=O) groups is 2. The number of nitrogens with two attached hydrogens (primary N) is 1. The van der Waals surface area contributed by atoms with Gasteiger partial charge in [-0.2, -0.15) is 0 Å². The maximum Gasteiger partial charge on any atom is 0.405 e. The SMILES string of the molecule is CO[C@H]1C=CC=C(C)C(=O)Nc2cc(O)c(N=CCP(=O)(O)O)c(c2O)C[C@@H](C)C[C@H](OC)[C@H](O)[C@@H](C)C=C(C)[C@@H]1OC(N)=O. The Morgan fingerprint density at radius 2 is 1.87 bits per heavy atom. The van der Waals surface area contributed by atoms with E-state index >= 15 is 0 Å². The van der Waals surface area contributed by atoms with Crippen LogP contribution in [-0.4, -0.2) is 88.1 Å². The van der Waals surface area contributed by atoms with Gasteiger partial charge in [0, 0.05) is 43.6 Å². The summed E-state index contributed by atoms with van der Waals surface area (Å²) in [4.78, 5) is 47.3. The Balaban J connectivity index is 2.70. The number of rotatable bonds is 6. The highest BCUT2D eigenvalue weighted by molar-refractivity contribution is 7.52. The van der Waals surface area contributed by atoms with Gasteiger partial charge in [-0.3, -0.25) is 14.4 Å². The van der Waals surface area contributed by atoms with Crippen molar-refractivity contribution in [3.63, 3.8) is 0 Å². The molecule has 2 bridgehead atoms. The average Bonchev–Trinajstić information content (AvgIpc) is 2.95. The van der Waals surface area contributed by atoms with Crippen LogP contribution in [0.15, 0.2) is 46.5 Å². The van der Waals surface area contributed by atoms with Crippen molar-refractivity contribution in [2.75, 3.05) is 25.7 Å². The minimum Gasteiger partial charge on any atom is -0.506 e. The first-order valence-corrected chi connectivity index (χ1v) is 16.0. The topological polar surface area (TPSA) is 230 Å². The number of anilines is 1. The van der Waals surface area contributed by atoms with E-state index in [-0.39, 0.29) is 41.3 Å². The summed E-state index contributed by atoms with van der Waals surface area (Å²) in [7, 11) is -1.59. The number of hydrogen-bond donors (Lipinski definition) is 7. The maximum atomic E-state index is 13.0. The molecule has 1 aliphatic rings. The van der Waals surface area contributed by atoms with Gasteiger partial charge < -0.3 is 50.4 Å². The molecule has 0 saturated heterocycles. The number of aliphatic hydroxyl groups is 1. The second kappa shape index (κ2) is 16.7. The number of primary amides is 1. The van der Waals surface area contributed by atoms with E-state index in [1.54, 1.807) is 26.0 Å². The van der Waals surface area contributed by atoms with Gasteiger partial charge in [0.25, 0.3) is 5.91 Å². The van der Waals surface area contributed by atoms with Crippen molar-refractivity contribution in [2.45, 2.75) is 65.0 Å². The molecule has 0 spiro atoms. The number of benzene rings is 1. The average molecular weight is 654 g/mol. The number of aliphatic imine (C=N–C) groups is 1. The normalized spacial score (nSPS) is 25.8. The van der Waals surface area contributed by atoms with Crippen LogP contribution in [0.1, 0.15) is 39.7 Å². The van der Waals surface area contributed by atoms with E-state index in [1.807, 2.05) is 6.92 Å². The summed E-state index contributed by atoms with van der Waals surface area (Å²) >= 11 is 0. The number of amides is 2. The van der Waals surface area contributed by atoms with Crippen LogP contribution < -0.4 is 11.1 Å². The number of hydrogen-bond acceptors (Lipinski definition) is 10. The summed E-state index contributed by atoms with van der Waals surface area (Å²) in [6, 6.07) is 1.09. The summed E-state index contributed by atoms with van der Waals surface area (Å²) in [5.41, 5.74) is 5.95. The third-order valence-electron chi connectivity index (χ3n) is 7.34. The Morgan fingerprint density at radius 1 is 1.20 bits per heavy atom. The fourth-order valence-corrected chi connectivity index (χ4v) is 5.27. The zero-order chi connectivity index (χ0) is 34.1. The number of aliphatic hydroxyl groups excluding tert-OH is 1. The second-order valence-electron chi connectivity index (χ2n) is 11.1. The van der Waals surface area contributed by atoms with Crippen molar-refractivity contribution in [2.24, 2.45) is 22.6 Å². The Bertz CT molecular complexity index is 1390. The van der Waals surface area contributed by atoms with Crippen LogP contribution in [0.5, 0.6) is 11.5 Å². The van der Waals surface area contributed by atoms with Crippen LogP contribution >= 0.6 is 7.60 Å². The Hall–Kier alpha value is -3.52. The molecular weight excluding hydrogens is 609 g/mol. The van der Waals surface area contributed by atoms with E-state index in [9.17, 15) is 39.3 Å². The van der Waals surface area contributed by atoms with Crippen LogP contribution in [-0.2, 0) is 30.0 Å². The number of ether oxygens (including phenoxy) is 3. The van der Waals surface area contributed by atoms with Gasteiger partial charge >= 0.3 is 13.7 Å². The van der Waals surface area contributed by atoms with Gasteiger partial charge in [0.1, 0.15) is 23.3 Å². The molecule has 14 nitrogen and oxygen atoms in total. The Kier molecular flexibility index (Phi) is 14.0. The molecule has 8 N–H and O–H groups in total. The van der Waals surface area contributed by atoms with E-state index in [0.717, 1.165) is 12.3 Å². The standard InChI is InChI=1S/C30H44N3O11P/c1-16-12-20-25(32-10-11-45(39,40)41)22(34)15-21(27(20)36)33-29(37)17(2)8-7-9-23(42-5)28(44-30(31)38)19(4)14-18(3)26(35)24(13-16)43-6/h7-10,14-16,18,23-24,26,28,34-36H,11-13H2,1-6H3,(H2,31,38)(H,33,37)(H2,39,40,41)/t16-,18+,23+,24+,26-,28+/m1/s1. The smallest absolute Gasteiger partial charge is 0.405 e. The molecule has 0 saturated carbocycles. The van der Waals surface area contributed by atoms with Gasteiger partial charge in [-0.1, -0.05) is 38.2 Å². The highest BCUT2D eigenvalue weighted by atomic mass is 31.2. The molecule has 1 aliphatic heterocycles. The molecule has 0 radical (unpaired) electrons. The Morgan fingerprint density at radius 3 is 2.44 bits per heavy atom. The monoisotopic (exact) mass is 653 g/mol. The van der Waals surface area contributed by atoms with Crippen molar-refractivity contribution < 1.29 is 53.5 Å². The van der Waals surface area contributed by atoms with Gasteiger partial charge in [-0.25, -0.2) is 4.79 Å². The first kappa shape index (κ1) is 37.7. The number of nitrogens with zero attached hydrogens (tertiary/aromatic N) is 1. The minimum absolute atomic E-state index is 0.0725. The number of phenolic OH excluding ortho intramolecular Hbond substituents is 2. The number of allylic oxidation sites excluding steroid dienone is 2. The maximum absolute atomic E-state index is 13.0. The van der Waals surface area contributed by atoms with Crippen LogP contribution in [0, 0.1) is 11.8 Å². The molecule has 0 aromatic heterocycles. The van der Waals surface area contributed by atoms with Crippen molar-refractivity contribution >= 4 is 37.2 Å². The lowest BCUT2D eigenvalue weighted by Crippen LogP contribution is -2.37. The van der Waals surface area contributed by atoms with Crippen molar-refractivity contribution in [3.05, 3.63) is 47.1 Å².